The van der Waals surface area contributed by atoms with Crippen LogP contribution in [0.5, 0.6) is 0 Å². The van der Waals surface area contributed by atoms with Crippen molar-refractivity contribution in [2.45, 2.75) is 19.4 Å². The minimum atomic E-state index is -0.263. The Morgan fingerprint density at radius 1 is 1.54 bits per heavy atom. The molecule has 0 bridgehead atoms. The number of ketones is 1. The number of likely N-dealkylation sites (N-methyl/N-ethyl adjacent to an activating group) is 1. The summed E-state index contributed by atoms with van der Waals surface area (Å²) in [5.41, 5.74) is 0. The van der Waals surface area contributed by atoms with Gasteiger partial charge in [-0.25, -0.2) is 0 Å². The Bertz CT molecular complexity index is 231. The van der Waals surface area contributed by atoms with E-state index in [2.05, 4.69) is 0 Å². The molecule has 0 spiro atoms. The number of likely N-dealkylation sites (tertiary alicyclic amines) is 1. The molecule has 1 saturated heterocycles. The molecular weight excluding hydrogens is 185 g/mol. The first-order chi connectivity index (χ1) is 6.07. The van der Waals surface area contributed by atoms with Gasteiger partial charge in [-0.05, 0) is 26.9 Å². The van der Waals surface area contributed by atoms with Crippen LogP contribution in [0.2, 0.25) is 0 Å². The van der Waals surface area contributed by atoms with E-state index in [0.717, 1.165) is 13.0 Å². The first-order valence-electron chi connectivity index (χ1n) is 4.36. The molecule has 4 nitrogen and oxygen atoms in total. The van der Waals surface area contributed by atoms with Crippen LogP contribution in [0.15, 0.2) is 0 Å². The third kappa shape index (κ3) is 2.11. The largest absolute Gasteiger partial charge is 0.621 e. The molecule has 1 aliphatic rings. The van der Waals surface area contributed by atoms with Crippen molar-refractivity contribution >= 4 is 28.4 Å². The molecule has 2 unspecified atom stereocenters. The average Bonchev–Trinajstić information content (AvgIpc) is 2.45. The Hall–Kier alpha value is -0.368. The average molecular weight is 199 g/mol. The molecule has 2 atom stereocenters. The van der Waals surface area contributed by atoms with E-state index in [-0.39, 0.29) is 23.7 Å². The zero-order valence-electron chi connectivity index (χ0n) is 8.24. The van der Waals surface area contributed by atoms with E-state index in [1.165, 1.54) is 6.92 Å². The highest BCUT2D eigenvalue weighted by Gasteiger charge is 2.39. The lowest BCUT2D eigenvalue weighted by Gasteiger charge is -2.20. The van der Waals surface area contributed by atoms with E-state index in [0.29, 0.717) is 16.6 Å². The monoisotopic (exact) mass is 199 g/mol. The maximum absolute atomic E-state index is 11.3. The lowest BCUT2D eigenvalue weighted by Crippen LogP contribution is -2.39. The van der Waals surface area contributed by atoms with Gasteiger partial charge in [-0.2, -0.15) is 0 Å². The fourth-order valence-corrected chi connectivity index (χ4v) is 2.24. The number of rotatable bonds is 2. The van der Waals surface area contributed by atoms with Crippen LogP contribution in [0, 0.1) is 5.92 Å². The smallest absolute Gasteiger partial charge is 0.499 e. The van der Waals surface area contributed by atoms with Gasteiger partial charge in [0.1, 0.15) is 5.78 Å². The van der Waals surface area contributed by atoms with E-state index in [4.69, 9.17) is 3.79 Å². The summed E-state index contributed by atoms with van der Waals surface area (Å²) < 4.78 is 4.78. The standard InChI is InChI=1S/C8H13NO3.Al.2H/c1-5(10)7-6(8(11)12)3-4-9(7)2;;;/h6-7H,3-4H2,1-2H3,(H,11,12);;;/q;+1;;/p-1. The molecule has 0 amide bonds. The van der Waals surface area contributed by atoms with Gasteiger partial charge in [0, 0.05) is 0 Å². The van der Waals surface area contributed by atoms with Gasteiger partial charge in [0.15, 0.2) is 0 Å². The van der Waals surface area contributed by atoms with Crippen LogP contribution in [0.4, 0.5) is 0 Å². The highest BCUT2D eigenvalue weighted by molar-refractivity contribution is 6.06. The van der Waals surface area contributed by atoms with Crippen molar-refractivity contribution in [1.29, 1.82) is 0 Å². The highest BCUT2D eigenvalue weighted by Crippen LogP contribution is 2.24. The van der Waals surface area contributed by atoms with Crippen molar-refractivity contribution in [3.63, 3.8) is 0 Å². The second-order valence-corrected chi connectivity index (χ2v) is 3.86. The molecule has 1 heterocycles. The van der Waals surface area contributed by atoms with Gasteiger partial charge in [-0.1, -0.05) is 0 Å². The summed E-state index contributed by atoms with van der Waals surface area (Å²) in [6, 6.07) is -0.263. The summed E-state index contributed by atoms with van der Waals surface area (Å²) in [7, 11) is 1.87. The van der Waals surface area contributed by atoms with Crippen LogP contribution < -0.4 is 0 Å². The van der Waals surface area contributed by atoms with E-state index in [1.54, 1.807) is 0 Å². The summed E-state index contributed by atoms with van der Waals surface area (Å²) in [6.07, 6.45) is 0.738. The Morgan fingerprint density at radius 2 is 2.15 bits per heavy atom. The van der Waals surface area contributed by atoms with Crippen molar-refractivity contribution in [3.05, 3.63) is 0 Å². The third-order valence-corrected chi connectivity index (χ3v) is 2.97. The Balaban J connectivity index is 2.75. The molecule has 0 N–H and O–H groups in total. The van der Waals surface area contributed by atoms with Crippen molar-refractivity contribution in [3.8, 4) is 0 Å². The minimum Gasteiger partial charge on any atom is -0.621 e. The molecule has 72 valence electrons. The molecule has 0 aromatic carbocycles. The first kappa shape index (κ1) is 10.7. The topological polar surface area (TPSA) is 46.6 Å². The fraction of sp³-hybridized carbons (Fsp3) is 0.750. The zero-order chi connectivity index (χ0) is 10.0. The van der Waals surface area contributed by atoms with E-state index >= 15 is 0 Å². The number of nitrogens with zero attached hydrogens (tertiary/aromatic N) is 1. The van der Waals surface area contributed by atoms with Crippen molar-refractivity contribution in [2.24, 2.45) is 5.92 Å². The summed E-state index contributed by atoms with van der Waals surface area (Å²) in [4.78, 5) is 24.5. The molecule has 1 aliphatic heterocycles. The van der Waals surface area contributed by atoms with E-state index < -0.39 is 0 Å². The number of carbonyl (C=O) groups excluding carboxylic acids is 2. The first-order valence-corrected chi connectivity index (χ1v) is 5.18. The SMILES string of the molecule is CC(=O)C1C(C(=O)[O][AlH2])CCN1C. The van der Waals surface area contributed by atoms with Crippen LogP contribution in [0.25, 0.3) is 0 Å². The maximum atomic E-state index is 11.3. The molecule has 0 radical (unpaired) electrons. The minimum absolute atomic E-state index is 0.0528. The number of hydrogen-bond acceptors (Lipinski definition) is 4. The lowest BCUT2D eigenvalue weighted by atomic mass is 9.98. The highest BCUT2D eigenvalue weighted by atomic mass is 27.1. The van der Waals surface area contributed by atoms with Gasteiger partial charge in [0.2, 0.25) is 0 Å². The number of hydrogen-bond donors (Lipinski definition) is 0. The van der Waals surface area contributed by atoms with Crippen LogP contribution in [0.3, 0.4) is 0 Å². The second kappa shape index (κ2) is 4.23. The van der Waals surface area contributed by atoms with Gasteiger partial charge >= 0.3 is 16.6 Å². The number of Topliss-reactive ketones (excluding diaryl/α,β-unsaturated/α-hetero) is 1. The lowest BCUT2D eigenvalue weighted by molar-refractivity contribution is -0.141. The van der Waals surface area contributed by atoms with Gasteiger partial charge in [0.05, 0.1) is 12.0 Å². The maximum Gasteiger partial charge on any atom is 0.499 e. The van der Waals surface area contributed by atoms with Crippen LogP contribution >= 0.6 is 0 Å². The molecule has 13 heavy (non-hydrogen) atoms. The fourth-order valence-electron chi connectivity index (χ4n) is 1.94. The predicted molar refractivity (Wildman–Crippen MR) is 49.8 cm³/mol. The van der Waals surface area contributed by atoms with E-state index in [9.17, 15) is 9.59 Å². The van der Waals surface area contributed by atoms with Crippen molar-refractivity contribution < 1.29 is 13.4 Å². The van der Waals surface area contributed by atoms with Crippen LogP contribution in [-0.4, -0.2) is 52.9 Å². The van der Waals surface area contributed by atoms with Gasteiger partial charge in [-0.3, -0.25) is 14.5 Å². The molecule has 0 saturated carbocycles. The van der Waals surface area contributed by atoms with Crippen LogP contribution in [0.1, 0.15) is 13.3 Å². The molecule has 0 aromatic rings. The quantitative estimate of drug-likeness (QED) is 0.534. The normalized spacial score (nSPS) is 28.8. The zero-order valence-corrected chi connectivity index (χ0v) is 10.2. The Labute approximate surface area is 86.0 Å². The van der Waals surface area contributed by atoms with Crippen molar-refractivity contribution in [2.75, 3.05) is 13.6 Å². The molecule has 0 aliphatic carbocycles. The van der Waals surface area contributed by atoms with E-state index in [1.807, 2.05) is 11.9 Å². The predicted octanol–water partition coefficient (Wildman–Crippen LogP) is -1.01. The number of carbonyl (C=O) groups is 2. The second-order valence-electron chi connectivity index (χ2n) is 3.45. The molecule has 1 fully saturated rings. The molecule has 5 heteroatoms. The summed E-state index contributed by atoms with van der Waals surface area (Å²) in [6.45, 7) is 2.32. The third-order valence-electron chi connectivity index (χ3n) is 2.57. The summed E-state index contributed by atoms with van der Waals surface area (Å²) >= 11 is 0.409. The van der Waals surface area contributed by atoms with Gasteiger partial charge in [-0.15, -0.1) is 0 Å². The van der Waals surface area contributed by atoms with Crippen molar-refractivity contribution in [1.82, 2.24) is 4.90 Å². The Morgan fingerprint density at radius 3 is 2.62 bits per heavy atom. The van der Waals surface area contributed by atoms with Crippen LogP contribution in [-0.2, 0) is 13.4 Å². The summed E-state index contributed by atoms with van der Waals surface area (Å²) in [5, 5.41) is 0. The van der Waals surface area contributed by atoms with Gasteiger partial charge in [0.25, 0.3) is 5.97 Å². The molecule has 1 rings (SSSR count). The van der Waals surface area contributed by atoms with Gasteiger partial charge < -0.3 is 3.79 Å². The molecular formula is C8H14AlNO3. The summed E-state index contributed by atoms with van der Waals surface area (Å²) in [5.74, 6) is -0.395. The Kier molecular flexibility index (Phi) is 3.49. The molecule has 0 aromatic heterocycles.